The van der Waals surface area contributed by atoms with Crippen molar-refractivity contribution in [3.63, 3.8) is 0 Å². The molecule has 0 aromatic carbocycles. The Morgan fingerprint density at radius 1 is 1.12 bits per heavy atom. The summed E-state index contributed by atoms with van der Waals surface area (Å²) in [7, 11) is 0. The molecule has 0 spiro atoms. The molecule has 0 atom stereocenters. The van der Waals surface area contributed by atoms with Crippen LogP contribution in [-0.2, 0) is 6.18 Å². The van der Waals surface area contributed by atoms with Gasteiger partial charge in [0.15, 0.2) is 5.76 Å². The molecule has 0 bridgehead atoms. The molecule has 0 saturated carbocycles. The van der Waals surface area contributed by atoms with Crippen molar-refractivity contribution >= 4 is 0 Å². The minimum Gasteiger partial charge on any atom is -0.460 e. The van der Waals surface area contributed by atoms with Gasteiger partial charge in [0, 0.05) is 5.69 Å². The summed E-state index contributed by atoms with van der Waals surface area (Å²) in [5, 5.41) is 0. The Morgan fingerprint density at radius 2 is 1.82 bits per heavy atom. The fourth-order valence-electron chi connectivity index (χ4n) is 1.39. The second kappa shape index (κ2) is 3.87. The highest BCUT2D eigenvalue weighted by atomic mass is 19.4. The predicted octanol–water partition coefficient (Wildman–Crippen LogP) is 3.37. The molecular weight excluding hydrogens is 233 g/mol. The number of hydrogen-bond acceptors (Lipinski definition) is 3. The summed E-state index contributed by atoms with van der Waals surface area (Å²) < 4.78 is 42.8. The van der Waals surface area contributed by atoms with Crippen LogP contribution in [0.3, 0.4) is 0 Å². The molecule has 0 fully saturated rings. The van der Waals surface area contributed by atoms with Crippen LogP contribution in [0.4, 0.5) is 13.2 Å². The largest absolute Gasteiger partial charge is 0.460 e. The zero-order chi connectivity index (χ0) is 12.6. The van der Waals surface area contributed by atoms with Gasteiger partial charge in [-0.05, 0) is 32.0 Å². The lowest BCUT2D eigenvalue weighted by atomic mass is 10.2. The molecule has 3 nitrogen and oxygen atoms in total. The third kappa shape index (κ3) is 2.46. The molecule has 2 aromatic rings. The standard InChI is InChI=1S/C11H9F3N2O/c1-6-5-8(9-4-3-7(2)17-9)16-10(15-6)11(12,13)14/h3-5H,1-2H3. The van der Waals surface area contributed by atoms with Crippen LogP contribution in [0, 0.1) is 13.8 Å². The first kappa shape index (κ1) is 11.6. The van der Waals surface area contributed by atoms with E-state index in [1.807, 2.05) is 0 Å². The first-order valence-corrected chi connectivity index (χ1v) is 4.86. The number of aromatic nitrogens is 2. The number of halogens is 3. The molecule has 2 rings (SSSR count). The van der Waals surface area contributed by atoms with Crippen molar-refractivity contribution in [2.75, 3.05) is 0 Å². The van der Waals surface area contributed by atoms with Gasteiger partial charge in [0.25, 0.3) is 0 Å². The van der Waals surface area contributed by atoms with Gasteiger partial charge in [-0.3, -0.25) is 0 Å². The second-order valence-corrected chi connectivity index (χ2v) is 3.63. The molecule has 0 radical (unpaired) electrons. The molecule has 0 saturated heterocycles. The third-order valence-electron chi connectivity index (χ3n) is 2.10. The van der Waals surface area contributed by atoms with E-state index in [0.29, 0.717) is 11.5 Å². The van der Waals surface area contributed by atoms with Crippen LogP contribution in [0.5, 0.6) is 0 Å². The molecule has 0 aliphatic rings. The molecule has 0 unspecified atom stereocenters. The monoisotopic (exact) mass is 242 g/mol. The Kier molecular flexibility index (Phi) is 2.65. The van der Waals surface area contributed by atoms with Gasteiger partial charge in [0.2, 0.25) is 5.82 Å². The zero-order valence-electron chi connectivity index (χ0n) is 9.17. The summed E-state index contributed by atoms with van der Waals surface area (Å²) in [4.78, 5) is 6.82. The molecular formula is C11H9F3N2O. The maximum atomic E-state index is 12.5. The van der Waals surface area contributed by atoms with Crippen molar-refractivity contribution in [1.29, 1.82) is 0 Å². The van der Waals surface area contributed by atoms with Crippen LogP contribution in [0.1, 0.15) is 17.3 Å². The summed E-state index contributed by atoms with van der Waals surface area (Å²) in [6.07, 6.45) is -4.55. The van der Waals surface area contributed by atoms with Crippen LogP contribution in [0.2, 0.25) is 0 Å². The van der Waals surface area contributed by atoms with Crippen LogP contribution >= 0.6 is 0 Å². The van der Waals surface area contributed by atoms with Gasteiger partial charge >= 0.3 is 6.18 Å². The Hall–Kier alpha value is -1.85. The number of furan rings is 1. The zero-order valence-corrected chi connectivity index (χ0v) is 9.17. The maximum absolute atomic E-state index is 12.5. The van der Waals surface area contributed by atoms with E-state index < -0.39 is 12.0 Å². The first-order valence-electron chi connectivity index (χ1n) is 4.86. The smallest absolute Gasteiger partial charge is 0.451 e. The third-order valence-corrected chi connectivity index (χ3v) is 2.10. The predicted molar refractivity (Wildman–Crippen MR) is 54.2 cm³/mol. The summed E-state index contributed by atoms with van der Waals surface area (Å²) in [5.41, 5.74) is 0.384. The minimum atomic E-state index is -4.55. The van der Waals surface area contributed by atoms with Crippen molar-refractivity contribution in [3.05, 3.63) is 35.5 Å². The fourth-order valence-corrected chi connectivity index (χ4v) is 1.39. The van der Waals surface area contributed by atoms with Gasteiger partial charge < -0.3 is 4.42 Å². The van der Waals surface area contributed by atoms with E-state index in [2.05, 4.69) is 9.97 Å². The van der Waals surface area contributed by atoms with Crippen LogP contribution in [-0.4, -0.2) is 9.97 Å². The summed E-state index contributed by atoms with van der Waals surface area (Å²) in [5.74, 6) is -0.232. The first-order chi connectivity index (χ1) is 7.86. The molecule has 0 aliphatic carbocycles. The Morgan fingerprint density at radius 3 is 2.35 bits per heavy atom. The highest BCUT2D eigenvalue weighted by molar-refractivity contribution is 5.52. The highest BCUT2D eigenvalue weighted by Gasteiger charge is 2.35. The van der Waals surface area contributed by atoms with Gasteiger partial charge in [0.05, 0.1) is 0 Å². The lowest BCUT2D eigenvalue weighted by Crippen LogP contribution is -2.12. The van der Waals surface area contributed by atoms with E-state index >= 15 is 0 Å². The van der Waals surface area contributed by atoms with E-state index in [1.54, 1.807) is 19.1 Å². The molecule has 17 heavy (non-hydrogen) atoms. The quantitative estimate of drug-likeness (QED) is 0.769. The maximum Gasteiger partial charge on any atom is 0.451 e. The normalized spacial score (nSPS) is 11.8. The Labute approximate surface area is 95.3 Å². The summed E-state index contributed by atoms with van der Waals surface area (Å²) in [6, 6.07) is 4.70. The molecule has 2 heterocycles. The molecule has 6 heteroatoms. The number of hydrogen-bond donors (Lipinski definition) is 0. The fraction of sp³-hybridized carbons (Fsp3) is 0.273. The lowest BCUT2D eigenvalue weighted by Gasteiger charge is -2.07. The number of nitrogens with zero attached hydrogens (tertiary/aromatic N) is 2. The van der Waals surface area contributed by atoms with E-state index in [-0.39, 0.29) is 11.4 Å². The van der Waals surface area contributed by atoms with Gasteiger partial charge in [-0.1, -0.05) is 0 Å². The number of rotatable bonds is 1. The van der Waals surface area contributed by atoms with E-state index in [1.165, 1.54) is 13.0 Å². The highest BCUT2D eigenvalue weighted by Crippen LogP contribution is 2.29. The van der Waals surface area contributed by atoms with Crippen molar-refractivity contribution in [2.45, 2.75) is 20.0 Å². The molecule has 90 valence electrons. The van der Waals surface area contributed by atoms with E-state index in [0.717, 1.165) is 0 Å². The average molecular weight is 242 g/mol. The van der Waals surface area contributed by atoms with Crippen molar-refractivity contribution in [2.24, 2.45) is 0 Å². The van der Waals surface area contributed by atoms with Gasteiger partial charge in [-0.15, -0.1) is 0 Å². The summed E-state index contributed by atoms with van der Waals surface area (Å²) >= 11 is 0. The van der Waals surface area contributed by atoms with Crippen molar-refractivity contribution < 1.29 is 17.6 Å². The van der Waals surface area contributed by atoms with Gasteiger partial charge in [0.1, 0.15) is 11.5 Å². The van der Waals surface area contributed by atoms with Gasteiger partial charge in [-0.25, -0.2) is 9.97 Å². The minimum absolute atomic E-state index is 0.137. The van der Waals surface area contributed by atoms with Gasteiger partial charge in [-0.2, -0.15) is 13.2 Å². The number of alkyl halides is 3. The SMILES string of the molecule is Cc1cc(-c2ccc(C)o2)nc(C(F)(F)F)n1. The number of aryl methyl sites for hydroxylation is 2. The lowest BCUT2D eigenvalue weighted by molar-refractivity contribution is -0.145. The Bertz CT molecular complexity index is 546. The molecule has 0 aliphatic heterocycles. The van der Waals surface area contributed by atoms with Crippen molar-refractivity contribution in [3.8, 4) is 11.5 Å². The molecule has 0 amide bonds. The second-order valence-electron chi connectivity index (χ2n) is 3.63. The van der Waals surface area contributed by atoms with E-state index in [9.17, 15) is 13.2 Å². The van der Waals surface area contributed by atoms with Crippen LogP contribution in [0.15, 0.2) is 22.6 Å². The summed E-state index contributed by atoms with van der Waals surface area (Å²) in [6.45, 7) is 3.19. The molecule has 2 aromatic heterocycles. The van der Waals surface area contributed by atoms with Crippen LogP contribution < -0.4 is 0 Å². The van der Waals surface area contributed by atoms with Crippen LogP contribution in [0.25, 0.3) is 11.5 Å². The average Bonchev–Trinajstić information content (AvgIpc) is 2.62. The van der Waals surface area contributed by atoms with Crippen molar-refractivity contribution in [1.82, 2.24) is 9.97 Å². The molecule has 0 N–H and O–H groups in total. The van der Waals surface area contributed by atoms with E-state index in [4.69, 9.17) is 4.42 Å². The Balaban J connectivity index is 2.52. The topological polar surface area (TPSA) is 38.9 Å².